The third-order valence-electron chi connectivity index (χ3n) is 3.94. The lowest BCUT2D eigenvalue weighted by Crippen LogP contribution is -2.35. The van der Waals surface area contributed by atoms with Gasteiger partial charge in [-0.15, -0.1) is 0 Å². The molecule has 7 nitrogen and oxygen atoms in total. The van der Waals surface area contributed by atoms with E-state index in [0.29, 0.717) is 18.5 Å². The molecule has 1 heterocycles. The van der Waals surface area contributed by atoms with E-state index < -0.39 is 16.3 Å². The minimum Gasteiger partial charge on any atom is -0.481 e. The molecule has 0 spiro atoms. The van der Waals surface area contributed by atoms with Crippen LogP contribution in [0.1, 0.15) is 29.3 Å². The van der Waals surface area contributed by atoms with Gasteiger partial charge in [0.25, 0.3) is 11.6 Å². The fraction of sp³-hybridized carbons (Fsp3) is 0.429. The highest BCUT2D eigenvalue weighted by Crippen LogP contribution is 2.31. The van der Waals surface area contributed by atoms with Gasteiger partial charge >= 0.3 is 5.97 Å². The Balaban J connectivity index is 2.28. The van der Waals surface area contributed by atoms with Gasteiger partial charge in [-0.3, -0.25) is 19.7 Å². The van der Waals surface area contributed by atoms with E-state index >= 15 is 0 Å². The summed E-state index contributed by atoms with van der Waals surface area (Å²) in [5.74, 6) is -1.30. The summed E-state index contributed by atoms with van der Waals surface area (Å²) in [4.78, 5) is 35.4. The van der Waals surface area contributed by atoms with Crippen molar-refractivity contribution >= 4 is 17.6 Å². The number of likely N-dealkylation sites (tertiary alicyclic amines) is 1. The van der Waals surface area contributed by atoms with Crippen LogP contribution in [0.15, 0.2) is 18.2 Å². The Kier molecular flexibility index (Phi) is 3.67. The van der Waals surface area contributed by atoms with Crippen LogP contribution in [0, 0.1) is 22.5 Å². The molecule has 0 aromatic heterocycles. The van der Waals surface area contributed by atoms with Crippen LogP contribution in [0.2, 0.25) is 0 Å². The van der Waals surface area contributed by atoms with Crippen molar-refractivity contribution in [1.82, 2.24) is 4.90 Å². The van der Waals surface area contributed by atoms with Crippen LogP contribution in [0.25, 0.3) is 0 Å². The highest BCUT2D eigenvalue weighted by atomic mass is 16.6. The molecule has 1 amide bonds. The lowest BCUT2D eigenvalue weighted by molar-refractivity contribution is -0.384. The molecule has 0 saturated carbocycles. The summed E-state index contributed by atoms with van der Waals surface area (Å²) in [6.45, 7) is 3.75. The number of aliphatic carboxylic acids is 1. The minimum absolute atomic E-state index is 0.114. The molecule has 1 aromatic carbocycles. The Labute approximate surface area is 121 Å². The molecular weight excluding hydrogens is 276 g/mol. The summed E-state index contributed by atoms with van der Waals surface area (Å²) in [7, 11) is 0. The first-order chi connectivity index (χ1) is 9.74. The number of carboxylic acids is 1. The van der Waals surface area contributed by atoms with Gasteiger partial charge in [0.05, 0.1) is 10.3 Å². The van der Waals surface area contributed by atoms with E-state index in [1.54, 1.807) is 13.8 Å². The number of hydrogen-bond donors (Lipinski definition) is 1. The number of carboxylic acid groups (broad SMARTS) is 1. The van der Waals surface area contributed by atoms with Gasteiger partial charge in [0.2, 0.25) is 0 Å². The first-order valence-corrected chi connectivity index (χ1v) is 6.52. The Hall–Kier alpha value is -2.44. The molecule has 2 rings (SSSR count). The Morgan fingerprint density at radius 3 is 2.62 bits per heavy atom. The molecule has 0 bridgehead atoms. The van der Waals surface area contributed by atoms with Gasteiger partial charge in [-0.05, 0) is 25.8 Å². The second-order valence-corrected chi connectivity index (χ2v) is 5.60. The Morgan fingerprint density at radius 1 is 1.43 bits per heavy atom. The fourth-order valence-corrected chi connectivity index (χ4v) is 2.43. The van der Waals surface area contributed by atoms with Gasteiger partial charge in [-0.2, -0.15) is 0 Å². The molecule has 1 atom stereocenters. The second kappa shape index (κ2) is 5.16. The van der Waals surface area contributed by atoms with Crippen LogP contribution in [-0.2, 0) is 4.79 Å². The van der Waals surface area contributed by atoms with Gasteiger partial charge in [-0.1, -0.05) is 6.07 Å². The van der Waals surface area contributed by atoms with Gasteiger partial charge in [-0.25, -0.2) is 0 Å². The zero-order chi connectivity index (χ0) is 15.8. The number of amides is 1. The number of benzene rings is 1. The lowest BCUT2D eigenvalue weighted by atomic mass is 9.90. The van der Waals surface area contributed by atoms with Gasteiger partial charge in [0, 0.05) is 30.8 Å². The summed E-state index contributed by atoms with van der Waals surface area (Å²) in [6.07, 6.45) is 0.377. The number of aryl methyl sites for hydroxylation is 1. The number of carbonyl (C=O) groups is 2. The predicted octanol–water partition coefficient (Wildman–Crippen LogP) is 1.84. The van der Waals surface area contributed by atoms with E-state index in [0.717, 1.165) is 0 Å². The largest absolute Gasteiger partial charge is 0.481 e. The van der Waals surface area contributed by atoms with Crippen molar-refractivity contribution in [2.75, 3.05) is 13.1 Å². The maximum absolute atomic E-state index is 12.5. The molecule has 0 radical (unpaired) electrons. The van der Waals surface area contributed by atoms with Crippen molar-refractivity contribution in [3.8, 4) is 0 Å². The van der Waals surface area contributed by atoms with Crippen LogP contribution < -0.4 is 0 Å². The third kappa shape index (κ3) is 2.72. The summed E-state index contributed by atoms with van der Waals surface area (Å²) in [5.41, 5.74) is -0.220. The normalized spacial score (nSPS) is 21.3. The number of non-ortho nitro benzene ring substituents is 1. The summed E-state index contributed by atoms with van der Waals surface area (Å²) >= 11 is 0. The van der Waals surface area contributed by atoms with E-state index in [4.69, 9.17) is 0 Å². The number of nitro groups is 1. The van der Waals surface area contributed by atoms with Gasteiger partial charge < -0.3 is 10.0 Å². The Morgan fingerprint density at radius 2 is 2.10 bits per heavy atom. The first kappa shape index (κ1) is 15.0. The number of carbonyl (C=O) groups excluding carboxylic acids is 1. The van der Waals surface area contributed by atoms with Crippen LogP contribution in [0.5, 0.6) is 0 Å². The van der Waals surface area contributed by atoms with Crippen molar-refractivity contribution in [1.29, 1.82) is 0 Å². The molecule has 112 valence electrons. The van der Waals surface area contributed by atoms with E-state index in [1.807, 2.05) is 0 Å². The molecule has 1 N–H and O–H groups in total. The zero-order valence-electron chi connectivity index (χ0n) is 11.8. The smallest absolute Gasteiger partial charge is 0.311 e. The van der Waals surface area contributed by atoms with E-state index in [9.17, 15) is 24.8 Å². The van der Waals surface area contributed by atoms with Crippen molar-refractivity contribution in [2.24, 2.45) is 5.41 Å². The average Bonchev–Trinajstić information content (AvgIpc) is 2.82. The molecule has 1 saturated heterocycles. The lowest BCUT2D eigenvalue weighted by Gasteiger charge is -2.20. The van der Waals surface area contributed by atoms with Gasteiger partial charge in [0.15, 0.2) is 0 Å². The number of rotatable bonds is 3. The molecule has 1 aliphatic heterocycles. The van der Waals surface area contributed by atoms with Crippen LogP contribution in [-0.4, -0.2) is 39.9 Å². The third-order valence-corrected chi connectivity index (χ3v) is 3.94. The van der Waals surface area contributed by atoms with Gasteiger partial charge in [0.1, 0.15) is 0 Å². The van der Waals surface area contributed by atoms with E-state index in [2.05, 4.69) is 0 Å². The van der Waals surface area contributed by atoms with Crippen molar-refractivity contribution in [3.05, 3.63) is 39.4 Å². The zero-order valence-corrected chi connectivity index (χ0v) is 11.8. The minimum atomic E-state index is -0.954. The summed E-state index contributed by atoms with van der Waals surface area (Å²) in [6, 6.07) is 4.11. The highest BCUT2D eigenvalue weighted by Gasteiger charge is 2.42. The fourth-order valence-electron chi connectivity index (χ4n) is 2.43. The molecule has 0 aliphatic carbocycles. The molecule has 1 aliphatic rings. The quantitative estimate of drug-likeness (QED) is 0.676. The van der Waals surface area contributed by atoms with E-state index in [1.165, 1.54) is 23.1 Å². The molecule has 1 fully saturated rings. The first-order valence-electron chi connectivity index (χ1n) is 6.52. The number of hydrogen-bond acceptors (Lipinski definition) is 4. The van der Waals surface area contributed by atoms with Crippen molar-refractivity contribution < 1.29 is 19.6 Å². The topological polar surface area (TPSA) is 101 Å². The monoisotopic (exact) mass is 292 g/mol. The van der Waals surface area contributed by atoms with Crippen molar-refractivity contribution in [2.45, 2.75) is 20.3 Å². The maximum atomic E-state index is 12.5. The summed E-state index contributed by atoms with van der Waals surface area (Å²) < 4.78 is 0. The molecular formula is C14H16N2O5. The predicted molar refractivity (Wildman–Crippen MR) is 74.1 cm³/mol. The molecule has 1 aromatic rings. The number of nitro benzene ring substituents is 1. The molecule has 21 heavy (non-hydrogen) atoms. The molecule has 1 unspecified atom stereocenters. The maximum Gasteiger partial charge on any atom is 0.311 e. The molecule has 7 heteroatoms. The summed E-state index contributed by atoms with van der Waals surface area (Å²) in [5, 5.41) is 20.0. The SMILES string of the molecule is Cc1ccc([N+](=O)[O-])cc1C(=O)N1CCC(C)(C(=O)O)C1. The highest BCUT2D eigenvalue weighted by molar-refractivity contribution is 5.97. The second-order valence-electron chi connectivity index (χ2n) is 5.60. The Bertz CT molecular complexity index is 628. The van der Waals surface area contributed by atoms with Crippen LogP contribution >= 0.6 is 0 Å². The number of nitrogens with zero attached hydrogens (tertiary/aromatic N) is 2. The van der Waals surface area contributed by atoms with E-state index in [-0.39, 0.29) is 23.7 Å². The van der Waals surface area contributed by atoms with Crippen molar-refractivity contribution in [3.63, 3.8) is 0 Å². The average molecular weight is 292 g/mol. The van der Waals surface area contributed by atoms with Crippen LogP contribution in [0.3, 0.4) is 0 Å². The van der Waals surface area contributed by atoms with Crippen LogP contribution in [0.4, 0.5) is 5.69 Å². The standard InChI is InChI=1S/C14H16N2O5/c1-9-3-4-10(16(20)21)7-11(9)12(17)15-6-5-14(2,8-15)13(18)19/h3-4,7H,5-6,8H2,1-2H3,(H,18,19).